The van der Waals surface area contributed by atoms with E-state index in [4.69, 9.17) is 5.11 Å². The van der Waals surface area contributed by atoms with Gasteiger partial charge in [-0.05, 0) is 18.4 Å². The minimum Gasteiger partial charge on any atom is -0.392 e. The van der Waals surface area contributed by atoms with Crippen molar-refractivity contribution in [3.8, 4) is 0 Å². The van der Waals surface area contributed by atoms with E-state index in [9.17, 15) is 4.39 Å². The monoisotopic (exact) mass is 182 g/mol. The number of aryl methyl sites for hydroxylation is 1. The molecule has 1 aromatic carbocycles. The molecule has 1 N–H and O–H groups in total. The summed E-state index contributed by atoms with van der Waals surface area (Å²) in [6.07, 6.45) is 0. The maximum Gasteiger partial charge on any atom is 0.132 e. The van der Waals surface area contributed by atoms with Crippen molar-refractivity contribution < 1.29 is 9.50 Å². The van der Waals surface area contributed by atoms with Gasteiger partial charge in [0.15, 0.2) is 0 Å². The summed E-state index contributed by atoms with van der Waals surface area (Å²) in [5.41, 5.74) is 2.07. The van der Waals surface area contributed by atoms with Crippen LogP contribution in [-0.4, -0.2) is 5.11 Å². The first kappa shape index (κ1) is 10.2. The van der Waals surface area contributed by atoms with Crippen molar-refractivity contribution in [2.24, 2.45) is 0 Å². The van der Waals surface area contributed by atoms with Gasteiger partial charge >= 0.3 is 0 Å². The fourth-order valence-electron chi connectivity index (χ4n) is 1.41. The van der Waals surface area contributed by atoms with Gasteiger partial charge in [-0.3, -0.25) is 0 Å². The summed E-state index contributed by atoms with van der Waals surface area (Å²) in [6, 6.07) is 3.51. The van der Waals surface area contributed by atoms with Gasteiger partial charge < -0.3 is 5.11 Å². The number of rotatable bonds is 2. The lowest BCUT2D eigenvalue weighted by atomic mass is 9.97. The maximum absolute atomic E-state index is 13.5. The van der Waals surface area contributed by atoms with Gasteiger partial charge in [0.2, 0.25) is 0 Å². The van der Waals surface area contributed by atoms with Crippen molar-refractivity contribution in [1.29, 1.82) is 0 Å². The van der Waals surface area contributed by atoms with Crippen LogP contribution in [0.4, 0.5) is 4.39 Å². The van der Waals surface area contributed by atoms with Gasteiger partial charge in [-0.15, -0.1) is 0 Å². The van der Waals surface area contributed by atoms with Crippen molar-refractivity contribution in [3.05, 3.63) is 34.6 Å². The van der Waals surface area contributed by atoms with Crippen LogP contribution in [0.2, 0.25) is 0 Å². The Hall–Kier alpha value is -0.890. The van der Waals surface area contributed by atoms with Crippen molar-refractivity contribution in [2.45, 2.75) is 33.3 Å². The average molecular weight is 182 g/mol. The number of aliphatic hydroxyl groups excluding tert-OH is 1. The van der Waals surface area contributed by atoms with E-state index in [1.165, 1.54) is 0 Å². The summed E-state index contributed by atoms with van der Waals surface area (Å²) in [4.78, 5) is 0. The smallest absolute Gasteiger partial charge is 0.132 e. The molecule has 13 heavy (non-hydrogen) atoms. The van der Waals surface area contributed by atoms with E-state index in [-0.39, 0.29) is 18.3 Å². The Balaban J connectivity index is 3.27. The van der Waals surface area contributed by atoms with E-state index < -0.39 is 0 Å². The highest BCUT2D eigenvalue weighted by Crippen LogP contribution is 2.22. The number of aliphatic hydroxyl groups is 1. The van der Waals surface area contributed by atoms with Crippen LogP contribution in [0.1, 0.15) is 36.5 Å². The summed E-state index contributed by atoms with van der Waals surface area (Å²) in [5.74, 6) is -0.103. The van der Waals surface area contributed by atoms with Crippen molar-refractivity contribution >= 4 is 0 Å². The van der Waals surface area contributed by atoms with Gasteiger partial charge in [0.25, 0.3) is 0 Å². The molecule has 0 amide bonds. The van der Waals surface area contributed by atoms with Crippen LogP contribution >= 0.6 is 0 Å². The molecule has 0 aliphatic carbocycles. The minimum absolute atomic E-state index is 0.158. The molecule has 0 fully saturated rings. The third kappa shape index (κ3) is 2.07. The lowest BCUT2D eigenvalue weighted by Gasteiger charge is -2.11. The zero-order valence-electron chi connectivity index (χ0n) is 8.26. The maximum atomic E-state index is 13.5. The Morgan fingerprint density at radius 1 is 1.38 bits per heavy atom. The summed E-state index contributed by atoms with van der Waals surface area (Å²) < 4.78 is 13.5. The molecule has 0 heterocycles. The molecule has 0 radical (unpaired) electrons. The largest absolute Gasteiger partial charge is 0.392 e. The molecule has 2 heteroatoms. The predicted octanol–water partition coefficient (Wildman–Crippen LogP) is 2.75. The van der Waals surface area contributed by atoms with E-state index in [0.717, 1.165) is 5.56 Å². The number of benzene rings is 1. The molecule has 0 aliphatic heterocycles. The standard InChI is InChI=1S/C11H15FO/c1-7(2)10-5-8(3)4-9(6-13)11(10)12/h4-5,7,13H,6H2,1-3H3. The van der Waals surface area contributed by atoms with E-state index in [0.29, 0.717) is 11.1 Å². The van der Waals surface area contributed by atoms with Crippen LogP contribution in [-0.2, 0) is 6.61 Å². The van der Waals surface area contributed by atoms with Crippen LogP contribution in [0.25, 0.3) is 0 Å². The Bertz CT molecular complexity index is 305. The van der Waals surface area contributed by atoms with Crippen LogP contribution in [0.5, 0.6) is 0 Å². The molecule has 0 atom stereocenters. The van der Waals surface area contributed by atoms with E-state index in [1.807, 2.05) is 26.8 Å². The summed E-state index contributed by atoms with van der Waals surface area (Å²) in [7, 11) is 0. The van der Waals surface area contributed by atoms with Gasteiger partial charge in [-0.1, -0.05) is 31.5 Å². The molecule has 0 saturated heterocycles. The summed E-state index contributed by atoms with van der Waals surface area (Å²) in [6.45, 7) is 5.57. The van der Waals surface area contributed by atoms with Gasteiger partial charge in [-0.2, -0.15) is 0 Å². The average Bonchev–Trinajstić information content (AvgIpc) is 2.08. The van der Waals surface area contributed by atoms with Crippen LogP contribution in [0, 0.1) is 12.7 Å². The normalized spacial score (nSPS) is 10.9. The van der Waals surface area contributed by atoms with Gasteiger partial charge in [0, 0.05) is 5.56 Å². The van der Waals surface area contributed by atoms with E-state index >= 15 is 0 Å². The number of hydrogen-bond acceptors (Lipinski definition) is 1. The molecular formula is C11H15FO. The van der Waals surface area contributed by atoms with Gasteiger partial charge in [0.05, 0.1) is 6.61 Å². The molecule has 1 nitrogen and oxygen atoms in total. The van der Waals surface area contributed by atoms with Crippen LogP contribution < -0.4 is 0 Å². The second-order valence-corrected chi connectivity index (χ2v) is 3.64. The number of halogens is 1. The molecule has 0 aliphatic rings. The molecular weight excluding hydrogens is 167 g/mol. The predicted molar refractivity (Wildman–Crippen MR) is 51.1 cm³/mol. The topological polar surface area (TPSA) is 20.2 Å². The zero-order chi connectivity index (χ0) is 10.0. The summed E-state index contributed by atoms with van der Waals surface area (Å²) in [5, 5.41) is 8.91. The molecule has 1 aromatic rings. The second kappa shape index (κ2) is 3.88. The third-order valence-corrected chi connectivity index (χ3v) is 2.11. The highest BCUT2D eigenvalue weighted by molar-refractivity contribution is 5.32. The first-order valence-corrected chi connectivity index (χ1v) is 4.46. The van der Waals surface area contributed by atoms with Gasteiger partial charge in [0.1, 0.15) is 5.82 Å². The van der Waals surface area contributed by atoms with Crippen LogP contribution in [0.15, 0.2) is 12.1 Å². The Morgan fingerprint density at radius 3 is 2.46 bits per heavy atom. The first-order chi connectivity index (χ1) is 6.06. The van der Waals surface area contributed by atoms with Crippen molar-refractivity contribution in [3.63, 3.8) is 0 Å². The second-order valence-electron chi connectivity index (χ2n) is 3.64. The fourth-order valence-corrected chi connectivity index (χ4v) is 1.41. The summed E-state index contributed by atoms with van der Waals surface area (Å²) >= 11 is 0. The van der Waals surface area contributed by atoms with Crippen molar-refractivity contribution in [2.75, 3.05) is 0 Å². The zero-order valence-corrected chi connectivity index (χ0v) is 8.26. The Kier molecular flexibility index (Phi) is 3.04. The minimum atomic E-state index is -0.261. The molecule has 1 rings (SSSR count). The molecule has 0 spiro atoms. The van der Waals surface area contributed by atoms with Crippen LogP contribution in [0.3, 0.4) is 0 Å². The quantitative estimate of drug-likeness (QED) is 0.745. The Morgan fingerprint density at radius 2 is 2.00 bits per heavy atom. The molecule has 0 bridgehead atoms. The van der Waals surface area contributed by atoms with Crippen molar-refractivity contribution in [1.82, 2.24) is 0 Å². The number of hydrogen-bond donors (Lipinski definition) is 1. The lowest BCUT2D eigenvalue weighted by molar-refractivity contribution is 0.275. The highest BCUT2D eigenvalue weighted by Gasteiger charge is 2.11. The lowest BCUT2D eigenvalue weighted by Crippen LogP contribution is -1.99. The molecule has 0 unspecified atom stereocenters. The molecule has 0 saturated carbocycles. The SMILES string of the molecule is Cc1cc(CO)c(F)c(C(C)C)c1. The molecule has 0 aromatic heterocycles. The van der Waals surface area contributed by atoms with Gasteiger partial charge in [-0.25, -0.2) is 4.39 Å². The fraction of sp³-hybridized carbons (Fsp3) is 0.455. The molecule has 72 valence electrons. The third-order valence-electron chi connectivity index (χ3n) is 2.11. The highest BCUT2D eigenvalue weighted by atomic mass is 19.1. The first-order valence-electron chi connectivity index (χ1n) is 4.46. The Labute approximate surface area is 78.2 Å². The van der Waals surface area contributed by atoms with E-state index in [1.54, 1.807) is 6.07 Å². The van der Waals surface area contributed by atoms with E-state index in [2.05, 4.69) is 0 Å².